The zero-order valence-electron chi connectivity index (χ0n) is 19.1. The first kappa shape index (κ1) is 23.3. The monoisotopic (exact) mass is 464 g/mol. The van der Waals surface area contributed by atoms with E-state index in [4.69, 9.17) is 4.74 Å². The topological polar surface area (TPSA) is 139 Å². The second kappa shape index (κ2) is 11.3. The molecule has 178 valence electrons. The number of nitrogens with zero attached hydrogens (tertiary/aromatic N) is 6. The Morgan fingerprint density at radius 1 is 1.18 bits per heavy atom. The standard InChI is InChI=1S/C23H28N8O3/c1-31(23(33)20-15-25-30-28-20)12-3-2-5-16-8-9-21(29-27-16)26-22(32)14-17-13-19(10-11-24-17)34-18-6-4-7-18/h8-11,13,15,18H,2-7,12,14H2,1H3,(H,25,28,30)(H,26,29,32). The quantitative estimate of drug-likeness (QED) is 0.412. The lowest BCUT2D eigenvalue weighted by atomic mass is 9.96. The van der Waals surface area contributed by atoms with Crippen LogP contribution >= 0.6 is 0 Å². The summed E-state index contributed by atoms with van der Waals surface area (Å²) in [5.41, 5.74) is 1.77. The van der Waals surface area contributed by atoms with Gasteiger partial charge < -0.3 is 15.0 Å². The average molecular weight is 465 g/mol. The van der Waals surface area contributed by atoms with E-state index < -0.39 is 0 Å². The molecule has 2 N–H and O–H groups in total. The van der Waals surface area contributed by atoms with Crippen LogP contribution in [0, 0.1) is 0 Å². The Morgan fingerprint density at radius 2 is 2.06 bits per heavy atom. The van der Waals surface area contributed by atoms with Crippen molar-refractivity contribution < 1.29 is 14.3 Å². The van der Waals surface area contributed by atoms with Gasteiger partial charge in [-0.2, -0.15) is 20.5 Å². The van der Waals surface area contributed by atoms with Gasteiger partial charge in [0.25, 0.3) is 5.91 Å². The van der Waals surface area contributed by atoms with Gasteiger partial charge in [-0.15, -0.1) is 5.10 Å². The molecule has 0 atom stereocenters. The lowest BCUT2D eigenvalue weighted by molar-refractivity contribution is -0.115. The molecule has 1 aliphatic carbocycles. The zero-order chi connectivity index (χ0) is 23.8. The fraction of sp³-hybridized carbons (Fsp3) is 0.435. The van der Waals surface area contributed by atoms with Gasteiger partial charge >= 0.3 is 0 Å². The molecule has 0 aliphatic heterocycles. The summed E-state index contributed by atoms with van der Waals surface area (Å²) in [6.45, 7) is 0.605. The molecule has 2 amide bonds. The van der Waals surface area contributed by atoms with Crippen molar-refractivity contribution in [3.05, 3.63) is 53.7 Å². The van der Waals surface area contributed by atoms with E-state index in [1.54, 1.807) is 24.2 Å². The highest BCUT2D eigenvalue weighted by molar-refractivity contribution is 5.91. The number of ether oxygens (including phenoxy) is 1. The molecule has 3 aromatic rings. The van der Waals surface area contributed by atoms with Gasteiger partial charge in [-0.25, -0.2) is 0 Å². The van der Waals surface area contributed by atoms with Gasteiger partial charge in [-0.05, 0) is 56.7 Å². The molecule has 0 bridgehead atoms. The normalized spacial score (nSPS) is 13.2. The largest absolute Gasteiger partial charge is 0.490 e. The van der Waals surface area contributed by atoms with Crippen molar-refractivity contribution in [3.8, 4) is 5.75 Å². The van der Waals surface area contributed by atoms with Crippen molar-refractivity contribution in [2.45, 2.75) is 51.0 Å². The zero-order valence-corrected chi connectivity index (χ0v) is 19.1. The van der Waals surface area contributed by atoms with E-state index in [2.05, 4.69) is 35.9 Å². The lowest BCUT2D eigenvalue weighted by Crippen LogP contribution is -2.28. The molecule has 4 rings (SSSR count). The highest BCUT2D eigenvalue weighted by atomic mass is 16.5. The third-order valence-corrected chi connectivity index (χ3v) is 5.63. The first-order chi connectivity index (χ1) is 16.6. The summed E-state index contributed by atoms with van der Waals surface area (Å²) in [7, 11) is 1.74. The number of hydrogen-bond donors (Lipinski definition) is 2. The molecular weight excluding hydrogens is 436 g/mol. The molecule has 0 unspecified atom stereocenters. The minimum atomic E-state index is -0.213. The minimum Gasteiger partial charge on any atom is -0.490 e. The molecule has 1 saturated carbocycles. The Hall–Kier alpha value is -3.89. The van der Waals surface area contributed by atoms with Crippen molar-refractivity contribution >= 4 is 17.6 Å². The van der Waals surface area contributed by atoms with Crippen molar-refractivity contribution in [1.29, 1.82) is 0 Å². The maximum absolute atomic E-state index is 12.4. The smallest absolute Gasteiger partial charge is 0.275 e. The number of amides is 2. The van der Waals surface area contributed by atoms with Gasteiger partial charge in [-0.1, -0.05) is 0 Å². The number of rotatable bonds is 11. The Balaban J connectivity index is 1.17. The van der Waals surface area contributed by atoms with Gasteiger partial charge in [0, 0.05) is 25.9 Å². The second-order valence-electron chi connectivity index (χ2n) is 8.33. The number of anilines is 1. The summed E-state index contributed by atoms with van der Waals surface area (Å²) in [4.78, 5) is 30.4. The maximum Gasteiger partial charge on any atom is 0.275 e. The SMILES string of the molecule is CN(CCCCc1ccc(NC(=O)Cc2cc(OC3CCC3)ccn2)nn1)C(=O)c1cn[nH]n1. The van der Waals surface area contributed by atoms with Crippen LogP contribution in [0.25, 0.3) is 0 Å². The lowest BCUT2D eigenvalue weighted by Gasteiger charge is -2.26. The predicted octanol–water partition coefficient (Wildman–Crippen LogP) is 2.20. The minimum absolute atomic E-state index is 0.131. The van der Waals surface area contributed by atoms with E-state index in [-0.39, 0.29) is 24.3 Å². The fourth-order valence-electron chi connectivity index (χ4n) is 3.48. The molecule has 0 saturated heterocycles. The molecule has 1 fully saturated rings. The number of pyridine rings is 1. The van der Waals surface area contributed by atoms with Crippen LogP contribution in [0.15, 0.2) is 36.7 Å². The molecule has 11 heteroatoms. The fourth-order valence-corrected chi connectivity index (χ4v) is 3.48. The molecule has 0 aromatic carbocycles. The molecule has 1 aliphatic rings. The van der Waals surface area contributed by atoms with Crippen LogP contribution in [0.2, 0.25) is 0 Å². The number of carbonyl (C=O) groups is 2. The van der Waals surface area contributed by atoms with Crippen LogP contribution in [0.4, 0.5) is 5.82 Å². The molecule has 3 aromatic heterocycles. The summed E-state index contributed by atoms with van der Waals surface area (Å²) < 4.78 is 5.87. The summed E-state index contributed by atoms with van der Waals surface area (Å²) in [6, 6.07) is 7.21. The van der Waals surface area contributed by atoms with Gasteiger partial charge in [0.2, 0.25) is 5.91 Å². The molecule has 3 heterocycles. The molecule has 11 nitrogen and oxygen atoms in total. The Bertz CT molecular complexity index is 1080. The molecule has 34 heavy (non-hydrogen) atoms. The maximum atomic E-state index is 12.4. The van der Waals surface area contributed by atoms with Crippen LogP contribution in [0.5, 0.6) is 5.75 Å². The number of unbranched alkanes of at least 4 members (excludes halogenated alkanes) is 1. The Kier molecular flexibility index (Phi) is 7.74. The third kappa shape index (κ3) is 6.56. The molecule has 0 radical (unpaired) electrons. The van der Waals surface area contributed by atoms with E-state index in [0.717, 1.165) is 43.5 Å². The molecule has 0 spiro atoms. The number of nitrogens with one attached hydrogen (secondary N) is 2. The van der Waals surface area contributed by atoms with E-state index >= 15 is 0 Å². The first-order valence-corrected chi connectivity index (χ1v) is 11.4. The van der Waals surface area contributed by atoms with Gasteiger partial charge in [-0.3, -0.25) is 14.6 Å². The Morgan fingerprint density at radius 3 is 2.76 bits per heavy atom. The number of aryl methyl sites for hydroxylation is 1. The van der Waals surface area contributed by atoms with Crippen LogP contribution in [-0.2, 0) is 17.6 Å². The van der Waals surface area contributed by atoms with Crippen molar-refractivity contribution in [2.24, 2.45) is 0 Å². The number of hydrogen-bond acceptors (Lipinski definition) is 8. The van der Waals surface area contributed by atoms with Crippen LogP contribution in [-0.4, -0.2) is 67.0 Å². The van der Waals surface area contributed by atoms with E-state index in [1.165, 1.54) is 12.6 Å². The summed E-state index contributed by atoms with van der Waals surface area (Å²) in [5.74, 6) is 0.769. The summed E-state index contributed by atoms with van der Waals surface area (Å²) in [5, 5.41) is 20.9. The van der Waals surface area contributed by atoms with E-state index in [9.17, 15) is 9.59 Å². The van der Waals surface area contributed by atoms with Crippen molar-refractivity contribution in [1.82, 2.24) is 35.5 Å². The Labute approximate surface area is 197 Å². The van der Waals surface area contributed by atoms with Crippen LogP contribution in [0.3, 0.4) is 0 Å². The van der Waals surface area contributed by atoms with Crippen molar-refractivity contribution in [3.63, 3.8) is 0 Å². The number of carbonyl (C=O) groups excluding carboxylic acids is 2. The highest BCUT2D eigenvalue weighted by Crippen LogP contribution is 2.25. The average Bonchev–Trinajstić information content (AvgIpc) is 3.35. The predicted molar refractivity (Wildman–Crippen MR) is 123 cm³/mol. The highest BCUT2D eigenvalue weighted by Gasteiger charge is 2.19. The van der Waals surface area contributed by atoms with E-state index in [0.29, 0.717) is 23.8 Å². The van der Waals surface area contributed by atoms with Gasteiger partial charge in [0.15, 0.2) is 11.5 Å². The van der Waals surface area contributed by atoms with Gasteiger partial charge in [0.05, 0.1) is 30.1 Å². The van der Waals surface area contributed by atoms with Crippen LogP contribution < -0.4 is 10.1 Å². The number of H-pyrrole nitrogens is 1. The number of aromatic nitrogens is 6. The number of aromatic amines is 1. The molecular formula is C23H28N8O3. The van der Waals surface area contributed by atoms with Crippen molar-refractivity contribution in [2.75, 3.05) is 18.9 Å². The summed E-state index contributed by atoms with van der Waals surface area (Å²) >= 11 is 0. The third-order valence-electron chi connectivity index (χ3n) is 5.63. The first-order valence-electron chi connectivity index (χ1n) is 11.4. The summed E-state index contributed by atoms with van der Waals surface area (Å²) in [6.07, 6.45) is 9.23. The van der Waals surface area contributed by atoms with Gasteiger partial charge in [0.1, 0.15) is 5.75 Å². The second-order valence-corrected chi connectivity index (χ2v) is 8.33. The van der Waals surface area contributed by atoms with E-state index in [1.807, 2.05) is 18.2 Å². The van der Waals surface area contributed by atoms with Crippen LogP contribution in [0.1, 0.15) is 54.0 Å².